The van der Waals surface area contributed by atoms with E-state index in [-0.39, 0.29) is 0 Å². The van der Waals surface area contributed by atoms with Gasteiger partial charge < -0.3 is 19.3 Å². The number of phenolic OH excluding ortho intramolecular Hbond substituents is 2. The van der Waals surface area contributed by atoms with Crippen molar-refractivity contribution in [2.75, 3.05) is 0 Å². The maximum Gasteiger partial charge on any atom is 0.143 e. The highest BCUT2D eigenvalue weighted by Gasteiger charge is 2.26. The first-order chi connectivity index (χ1) is 26.5. The standard InChI is InChI=1S/C48H46N2O2S2/c1-31-25-33(47(51)43(27-31)49-39-19-11-7-15-35(39)36-16-8-12-20-40(36)49)29-53-45-23-5-3-4-6-24-46(45)54-30-34-26-32(2)28-44(48(34)52)50-41-21-13-9-17-37(41)38-18-10-14-22-42(38)50/h7-22,25-28,45-46,51-52H,3-6,23-24,29-30H2,1-2H3/t45-,46-/m1/s1. The first kappa shape index (κ1) is 35.0. The van der Waals surface area contributed by atoms with Crippen molar-refractivity contribution in [3.05, 3.63) is 144 Å². The van der Waals surface area contributed by atoms with Gasteiger partial charge in [0.25, 0.3) is 0 Å². The minimum Gasteiger partial charge on any atom is -0.505 e. The second-order valence-corrected chi connectivity index (χ2v) is 17.5. The lowest BCUT2D eigenvalue weighted by molar-refractivity contribution is 0.467. The third-order valence-electron chi connectivity index (χ3n) is 11.3. The third-order valence-corrected chi connectivity index (χ3v) is 14.4. The SMILES string of the molecule is Cc1cc(CS[C@@H]2CCCCCC[C@H]2SCc2cc(C)cc(-n3c4ccccc4c4ccccc43)c2O)c(O)c(-n2c3ccccc3c3ccccc32)c1. The van der Waals surface area contributed by atoms with Crippen molar-refractivity contribution in [2.24, 2.45) is 0 Å². The molecule has 0 radical (unpaired) electrons. The lowest BCUT2D eigenvalue weighted by Crippen LogP contribution is -2.22. The lowest BCUT2D eigenvalue weighted by Gasteiger charge is -2.29. The van der Waals surface area contributed by atoms with Crippen molar-refractivity contribution >= 4 is 67.1 Å². The maximum absolute atomic E-state index is 12.0. The van der Waals surface area contributed by atoms with Gasteiger partial charge in [0.05, 0.1) is 33.4 Å². The lowest BCUT2D eigenvalue weighted by atomic mass is 10.00. The molecule has 0 unspecified atom stereocenters. The third kappa shape index (κ3) is 6.33. The van der Waals surface area contributed by atoms with Crippen LogP contribution in [0.15, 0.2) is 121 Å². The molecule has 9 rings (SSSR count). The summed E-state index contributed by atoms with van der Waals surface area (Å²) >= 11 is 4.01. The van der Waals surface area contributed by atoms with E-state index in [1.807, 2.05) is 23.5 Å². The summed E-state index contributed by atoms with van der Waals surface area (Å²) in [4.78, 5) is 0. The molecule has 0 spiro atoms. The van der Waals surface area contributed by atoms with Gasteiger partial charge in [0, 0.05) is 54.7 Å². The fourth-order valence-corrected chi connectivity index (χ4v) is 11.9. The van der Waals surface area contributed by atoms with E-state index in [0.29, 0.717) is 22.0 Å². The fraction of sp³-hybridized carbons (Fsp3) is 0.250. The molecule has 1 aliphatic carbocycles. The van der Waals surface area contributed by atoms with E-state index in [9.17, 15) is 10.2 Å². The van der Waals surface area contributed by atoms with E-state index in [2.05, 4.69) is 144 Å². The average molecular weight is 747 g/mol. The Kier molecular flexibility index (Phi) is 9.58. The molecule has 1 aliphatic rings. The van der Waals surface area contributed by atoms with Crippen molar-refractivity contribution in [2.45, 2.75) is 74.4 Å². The molecule has 272 valence electrons. The molecule has 6 aromatic carbocycles. The van der Waals surface area contributed by atoms with Crippen LogP contribution in [0.2, 0.25) is 0 Å². The molecule has 0 saturated heterocycles. The summed E-state index contributed by atoms with van der Waals surface area (Å²) in [6, 6.07) is 42.6. The smallest absolute Gasteiger partial charge is 0.143 e. The second kappa shape index (κ2) is 14.8. The zero-order valence-corrected chi connectivity index (χ0v) is 32.6. The zero-order valence-electron chi connectivity index (χ0n) is 31.0. The number of fused-ring (bicyclic) bond motifs is 6. The number of hydrogen-bond donors (Lipinski definition) is 2. The average Bonchev–Trinajstić information content (AvgIpc) is 3.69. The van der Waals surface area contributed by atoms with Gasteiger partial charge in [-0.25, -0.2) is 0 Å². The monoisotopic (exact) mass is 746 g/mol. The first-order valence-electron chi connectivity index (χ1n) is 19.3. The number of para-hydroxylation sites is 4. The van der Waals surface area contributed by atoms with Gasteiger partial charge in [0.1, 0.15) is 11.5 Å². The van der Waals surface area contributed by atoms with Gasteiger partial charge in [-0.1, -0.05) is 111 Å². The number of benzene rings is 6. The number of phenols is 2. The van der Waals surface area contributed by atoms with E-state index in [1.165, 1.54) is 60.1 Å². The van der Waals surface area contributed by atoms with Gasteiger partial charge in [-0.2, -0.15) is 23.5 Å². The van der Waals surface area contributed by atoms with E-state index in [0.717, 1.165) is 67.2 Å². The molecule has 6 heteroatoms. The molecule has 0 aliphatic heterocycles. The van der Waals surface area contributed by atoms with Crippen molar-refractivity contribution in [3.8, 4) is 22.9 Å². The molecule has 1 fully saturated rings. The summed E-state index contributed by atoms with van der Waals surface area (Å²) < 4.78 is 4.47. The Morgan fingerprint density at radius 3 is 1.17 bits per heavy atom. The van der Waals surface area contributed by atoms with Crippen LogP contribution in [0.3, 0.4) is 0 Å². The predicted molar refractivity (Wildman–Crippen MR) is 232 cm³/mol. The van der Waals surface area contributed by atoms with Crippen LogP contribution in [0.25, 0.3) is 55.0 Å². The Balaban J connectivity index is 1.00. The minimum absolute atomic E-state index is 0.372. The Bertz CT molecular complexity index is 2360. The van der Waals surface area contributed by atoms with Crippen LogP contribution in [0.4, 0.5) is 0 Å². The van der Waals surface area contributed by atoms with Gasteiger partial charge in [-0.15, -0.1) is 0 Å². The number of nitrogens with zero attached hydrogens (tertiary/aromatic N) is 2. The molecule has 2 N–H and O–H groups in total. The van der Waals surface area contributed by atoms with Crippen LogP contribution < -0.4 is 0 Å². The number of aromatic hydroxyl groups is 2. The number of thioether (sulfide) groups is 2. The summed E-state index contributed by atoms with van der Waals surface area (Å²) in [7, 11) is 0. The van der Waals surface area contributed by atoms with Crippen molar-refractivity contribution in [1.29, 1.82) is 0 Å². The maximum atomic E-state index is 12.0. The molecule has 0 amide bonds. The highest BCUT2D eigenvalue weighted by molar-refractivity contribution is 8.03. The summed E-state index contributed by atoms with van der Waals surface area (Å²) in [6.45, 7) is 4.28. The van der Waals surface area contributed by atoms with E-state index < -0.39 is 0 Å². The summed E-state index contributed by atoms with van der Waals surface area (Å²) in [6.07, 6.45) is 7.36. The quantitative estimate of drug-likeness (QED) is 0.163. The molecule has 2 heterocycles. The predicted octanol–water partition coefficient (Wildman–Crippen LogP) is 13.2. The summed E-state index contributed by atoms with van der Waals surface area (Å²) in [5, 5.41) is 29.6. The number of aromatic nitrogens is 2. The van der Waals surface area contributed by atoms with Gasteiger partial charge in [-0.3, -0.25) is 0 Å². The Labute approximate surface area is 325 Å². The highest BCUT2D eigenvalue weighted by atomic mass is 32.2. The van der Waals surface area contributed by atoms with Gasteiger partial charge in [0.15, 0.2) is 0 Å². The molecule has 1 saturated carbocycles. The zero-order chi connectivity index (χ0) is 36.8. The number of aryl methyl sites for hydroxylation is 2. The number of hydrogen-bond acceptors (Lipinski definition) is 4. The first-order valence-corrected chi connectivity index (χ1v) is 21.4. The molecule has 4 nitrogen and oxygen atoms in total. The van der Waals surface area contributed by atoms with Crippen LogP contribution >= 0.6 is 23.5 Å². The topological polar surface area (TPSA) is 50.3 Å². The minimum atomic E-state index is 0.372. The fourth-order valence-electron chi connectivity index (χ4n) is 8.78. The van der Waals surface area contributed by atoms with Crippen molar-refractivity contribution in [1.82, 2.24) is 9.13 Å². The van der Waals surface area contributed by atoms with Gasteiger partial charge >= 0.3 is 0 Å². The Hall–Kier alpha value is -4.78. The second-order valence-electron chi connectivity index (χ2n) is 15.0. The molecule has 0 bridgehead atoms. The van der Waals surface area contributed by atoms with E-state index >= 15 is 0 Å². The molecule has 8 aromatic rings. The van der Waals surface area contributed by atoms with Crippen LogP contribution in [0, 0.1) is 13.8 Å². The number of rotatable bonds is 8. The van der Waals surface area contributed by atoms with Crippen molar-refractivity contribution in [3.63, 3.8) is 0 Å². The molecule has 54 heavy (non-hydrogen) atoms. The van der Waals surface area contributed by atoms with Crippen LogP contribution in [-0.4, -0.2) is 29.8 Å². The highest BCUT2D eigenvalue weighted by Crippen LogP contribution is 2.43. The molecular formula is C48H46N2O2S2. The van der Waals surface area contributed by atoms with Gasteiger partial charge in [0.2, 0.25) is 0 Å². The molecule has 2 aromatic heterocycles. The molecule has 2 atom stereocenters. The van der Waals surface area contributed by atoms with Crippen LogP contribution in [-0.2, 0) is 11.5 Å². The van der Waals surface area contributed by atoms with E-state index in [1.54, 1.807) is 0 Å². The van der Waals surface area contributed by atoms with Crippen LogP contribution in [0.5, 0.6) is 11.5 Å². The van der Waals surface area contributed by atoms with E-state index in [4.69, 9.17) is 0 Å². The molecular weight excluding hydrogens is 701 g/mol. The van der Waals surface area contributed by atoms with Crippen molar-refractivity contribution < 1.29 is 10.2 Å². The summed E-state index contributed by atoms with van der Waals surface area (Å²) in [5.41, 5.74) is 10.4. The normalized spacial score (nSPS) is 16.7. The Morgan fingerprint density at radius 2 is 0.815 bits per heavy atom. The Morgan fingerprint density at radius 1 is 0.481 bits per heavy atom. The largest absolute Gasteiger partial charge is 0.505 e. The van der Waals surface area contributed by atoms with Gasteiger partial charge in [-0.05, 0) is 74.2 Å². The van der Waals surface area contributed by atoms with Crippen LogP contribution in [0.1, 0.15) is 60.8 Å². The summed E-state index contributed by atoms with van der Waals surface area (Å²) in [5.74, 6) is 2.26.